The lowest BCUT2D eigenvalue weighted by atomic mass is 10.3. The van der Waals surface area contributed by atoms with Crippen LogP contribution in [-0.2, 0) is 4.79 Å². The topological polar surface area (TPSA) is 75.2 Å². The number of benzene rings is 2. The molecule has 7 nitrogen and oxygen atoms in total. The quantitative estimate of drug-likeness (QED) is 0.214. The van der Waals surface area contributed by atoms with E-state index in [4.69, 9.17) is 9.47 Å². The maximum absolute atomic E-state index is 11.2. The molecule has 0 bridgehead atoms. The number of carbonyl (C=O) groups is 1. The molecule has 0 spiro atoms. The lowest BCUT2D eigenvalue weighted by Gasteiger charge is -2.22. The molecule has 0 aliphatic heterocycles. The van der Waals surface area contributed by atoms with Crippen LogP contribution in [0.25, 0.3) is 0 Å². The number of amides is 1. The van der Waals surface area contributed by atoms with Crippen molar-refractivity contribution in [3.05, 3.63) is 54.6 Å². The largest absolute Gasteiger partial charge is 0.492 e. The minimum Gasteiger partial charge on any atom is -0.492 e. The summed E-state index contributed by atoms with van der Waals surface area (Å²) in [6, 6.07) is 17.1. The Balaban J connectivity index is 0.00000450. The van der Waals surface area contributed by atoms with Gasteiger partial charge < -0.3 is 25.0 Å². The number of ether oxygens (including phenoxy) is 2. The summed E-state index contributed by atoms with van der Waals surface area (Å²) in [6.45, 7) is 6.52. The molecule has 0 fully saturated rings. The van der Waals surface area contributed by atoms with Gasteiger partial charge in [0.25, 0.3) is 0 Å². The first-order chi connectivity index (χ1) is 14.1. The van der Waals surface area contributed by atoms with Crippen LogP contribution in [0.1, 0.15) is 13.8 Å². The molecule has 164 valence electrons. The fourth-order valence-corrected chi connectivity index (χ4v) is 2.57. The zero-order valence-electron chi connectivity index (χ0n) is 17.8. The van der Waals surface area contributed by atoms with Gasteiger partial charge in [-0.05, 0) is 31.2 Å². The highest BCUT2D eigenvalue weighted by Gasteiger charge is 2.06. The second kappa shape index (κ2) is 14.5. The van der Waals surface area contributed by atoms with Crippen molar-refractivity contribution >= 4 is 41.5 Å². The number of anilines is 1. The molecule has 0 saturated carbocycles. The average molecular weight is 526 g/mol. The van der Waals surface area contributed by atoms with Crippen LogP contribution in [-0.4, -0.2) is 56.7 Å². The van der Waals surface area contributed by atoms with Gasteiger partial charge in [-0.3, -0.25) is 4.79 Å². The normalized spacial score (nSPS) is 10.6. The van der Waals surface area contributed by atoms with E-state index in [9.17, 15) is 4.79 Å². The molecule has 0 saturated heterocycles. The zero-order valence-corrected chi connectivity index (χ0v) is 20.1. The van der Waals surface area contributed by atoms with Crippen LogP contribution in [0.3, 0.4) is 0 Å². The third kappa shape index (κ3) is 9.82. The number of rotatable bonds is 10. The Morgan fingerprint density at radius 2 is 1.73 bits per heavy atom. The van der Waals surface area contributed by atoms with Crippen molar-refractivity contribution in [3.63, 3.8) is 0 Å². The number of hydrogen-bond acceptors (Lipinski definition) is 4. The SMILES string of the molecule is CCNC(=NCCOc1cccc(NC(C)=O)c1)N(C)CCOc1ccccc1.I. The van der Waals surface area contributed by atoms with Gasteiger partial charge in [0.15, 0.2) is 5.96 Å². The number of nitrogens with one attached hydrogen (secondary N) is 2. The summed E-state index contributed by atoms with van der Waals surface area (Å²) in [5.41, 5.74) is 0.713. The number of nitrogens with zero attached hydrogens (tertiary/aromatic N) is 2. The van der Waals surface area contributed by atoms with Crippen LogP contribution in [0.5, 0.6) is 11.5 Å². The lowest BCUT2D eigenvalue weighted by Crippen LogP contribution is -2.41. The van der Waals surface area contributed by atoms with Crippen molar-refractivity contribution in [3.8, 4) is 11.5 Å². The van der Waals surface area contributed by atoms with Crippen LogP contribution in [0, 0.1) is 0 Å². The Labute approximate surface area is 195 Å². The van der Waals surface area contributed by atoms with Gasteiger partial charge in [-0.15, -0.1) is 24.0 Å². The van der Waals surface area contributed by atoms with E-state index < -0.39 is 0 Å². The van der Waals surface area contributed by atoms with Gasteiger partial charge in [0, 0.05) is 32.3 Å². The predicted octanol–water partition coefficient (Wildman–Crippen LogP) is 3.62. The van der Waals surface area contributed by atoms with Gasteiger partial charge in [0.1, 0.15) is 24.7 Å². The molecule has 0 aliphatic carbocycles. The van der Waals surface area contributed by atoms with Crippen molar-refractivity contribution in [2.45, 2.75) is 13.8 Å². The summed E-state index contributed by atoms with van der Waals surface area (Å²) in [6.07, 6.45) is 0. The minimum atomic E-state index is -0.110. The molecule has 0 radical (unpaired) electrons. The first kappa shape index (κ1) is 25.5. The standard InChI is InChI=1S/C22H30N4O3.HI/c1-4-23-22(26(3)14-16-29-20-10-6-5-7-11-20)24-13-15-28-21-12-8-9-19(17-21)25-18(2)27;/h5-12,17H,4,13-16H2,1-3H3,(H,23,24)(H,25,27);1H. The Hall–Kier alpha value is -2.49. The highest BCUT2D eigenvalue weighted by molar-refractivity contribution is 14.0. The Bertz CT molecular complexity index is 787. The van der Waals surface area contributed by atoms with Crippen LogP contribution in [0.15, 0.2) is 59.6 Å². The van der Waals surface area contributed by atoms with Crippen LogP contribution < -0.4 is 20.1 Å². The molecule has 2 N–H and O–H groups in total. The summed E-state index contributed by atoms with van der Waals surface area (Å²) in [7, 11) is 1.98. The molecule has 2 aromatic carbocycles. The number of halogens is 1. The predicted molar refractivity (Wildman–Crippen MR) is 132 cm³/mol. The van der Waals surface area contributed by atoms with E-state index in [1.54, 1.807) is 6.07 Å². The highest BCUT2D eigenvalue weighted by atomic mass is 127. The van der Waals surface area contributed by atoms with E-state index >= 15 is 0 Å². The van der Waals surface area contributed by atoms with E-state index in [-0.39, 0.29) is 29.9 Å². The summed E-state index contributed by atoms with van der Waals surface area (Å²) in [5, 5.41) is 6.02. The zero-order chi connectivity index (χ0) is 20.9. The Kier molecular flexibility index (Phi) is 12.3. The van der Waals surface area contributed by atoms with Crippen LogP contribution in [0.4, 0.5) is 5.69 Å². The maximum Gasteiger partial charge on any atom is 0.221 e. The van der Waals surface area contributed by atoms with Crippen molar-refractivity contribution in [1.29, 1.82) is 0 Å². The monoisotopic (exact) mass is 526 g/mol. The number of aliphatic imine (C=N–C) groups is 1. The van der Waals surface area contributed by atoms with E-state index in [2.05, 4.69) is 15.6 Å². The molecule has 30 heavy (non-hydrogen) atoms. The highest BCUT2D eigenvalue weighted by Crippen LogP contribution is 2.17. The lowest BCUT2D eigenvalue weighted by molar-refractivity contribution is -0.114. The number of likely N-dealkylation sites (N-methyl/N-ethyl adjacent to an activating group) is 1. The summed E-state index contributed by atoms with van der Waals surface area (Å²) in [4.78, 5) is 17.8. The van der Waals surface area contributed by atoms with E-state index in [1.165, 1.54) is 6.92 Å². The van der Waals surface area contributed by atoms with Gasteiger partial charge in [-0.2, -0.15) is 0 Å². The van der Waals surface area contributed by atoms with Crippen LogP contribution in [0.2, 0.25) is 0 Å². The second-order valence-corrected chi connectivity index (χ2v) is 6.38. The van der Waals surface area contributed by atoms with E-state index in [0.717, 1.165) is 18.3 Å². The third-order valence-corrected chi connectivity index (χ3v) is 3.91. The molecule has 0 atom stereocenters. The Morgan fingerprint density at radius 3 is 2.43 bits per heavy atom. The molecule has 0 heterocycles. The summed E-state index contributed by atoms with van der Waals surface area (Å²) < 4.78 is 11.5. The van der Waals surface area contributed by atoms with Crippen molar-refractivity contribution < 1.29 is 14.3 Å². The molecule has 1 amide bonds. The molecule has 2 rings (SSSR count). The van der Waals surface area contributed by atoms with Gasteiger partial charge in [-0.25, -0.2) is 4.99 Å². The smallest absolute Gasteiger partial charge is 0.221 e. The van der Waals surface area contributed by atoms with Crippen molar-refractivity contribution in [2.75, 3.05) is 45.2 Å². The fraction of sp³-hybridized carbons (Fsp3) is 0.364. The van der Waals surface area contributed by atoms with Gasteiger partial charge in [0.2, 0.25) is 5.91 Å². The molecular weight excluding hydrogens is 495 g/mol. The van der Waals surface area contributed by atoms with E-state index in [0.29, 0.717) is 37.7 Å². The van der Waals surface area contributed by atoms with Gasteiger partial charge >= 0.3 is 0 Å². The first-order valence-corrected chi connectivity index (χ1v) is 9.76. The molecule has 0 unspecified atom stereocenters. The average Bonchev–Trinajstić information content (AvgIpc) is 2.71. The Morgan fingerprint density at radius 1 is 1.03 bits per heavy atom. The van der Waals surface area contributed by atoms with Crippen molar-refractivity contribution in [2.24, 2.45) is 4.99 Å². The van der Waals surface area contributed by atoms with Crippen LogP contribution >= 0.6 is 24.0 Å². The third-order valence-electron chi connectivity index (χ3n) is 3.91. The molecule has 2 aromatic rings. The maximum atomic E-state index is 11.2. The first-order valence-electron chi connectivity index (χ1n) is 9.76. The molecule has 0 aromatic heterocycles. The number of para-hydroxylation sites is 1. The second-order valence-electron chi connectivity index (χ2n) is 6.38. The fourth-order valence-electron chi connectivity index (χ4n) is 2.57. The molecular formula is C22H31IN4O3. The summed E-state index contributed by atoms with van der Waals surface area (Å²) >= 11 is 0. The summed E-state index contributed by atoms with van der Waals surface area (Å²) in [5.74, 6) is 2.25. The number of guanidine groups is 1. The van der Waals surface area contributed by atoms with Gasteiger partial charge in [-0.1, -0.05) is 24.3 Å². The van der Waals surface area contributed by atoms with Crippen molar-refractivity contribution in [1.82, 2.24) is 10.2 Å². The minimum absolute atomic E-state index is 0. The molecule has 8 heteroatoms. The van der Waals surface area contributed by atoms with E-state index in [1.807, 2.05) is 67.4 Å². The number of carbonyl (C=O) groups excluding carboxylic acids is 1. The molecule has 0 aliphatic rings. The number of hydrogen-bond donors (Lipinski definition) is 2. The van der Waals surface area contributed by atoms with Gasteiger partial charge in [0.05, 0.1) is 13.1 Å².